The Morgan fingerprint density at radius 2 is 1.84 bits per heavy atom. The zero-order chi connectivity index (χ0) is 22.5. The summed E-state index contributed by atoms with van der Waals surface area (Å²) in [7, 11) is 0. The molecular formula is C25H29N3O3S. The molecule has 1 aliphatic carbocycles. The lowest BCUT2D eigenvalue weighted by Gasteiger charge is -2.20. The first kappa shape index (κ1) is 22.1. The number of aryl methyl sites for hydroxylation is 1. The number of thiophene rings is 1. The van der Waals surface area contributed by atoms with Crippen molar-refractivity contribution in [2.75, 3.05) is 11.9 Å². The summed E-state index contributed by atoms with van der Waals surface area (Å²) in [6.45, 7) is 4.21. The lowest BCUT2D eigenvalue weighted by atomic mass is 9.93. The second-order valence-electron chi connectivity index (χ2n) is 8.02. The Kier molecular flexibility index (Phi) is 6.95. The molecule has 2 N–H and O–H groups in total. The number of carbonyl (C=O) groups excluding carboxylic acids is 2. The van der Waals surface area contributed by atoms with E-state index in [4.69, 9.17) is 4.74 Å². The molecule has 0 fully saturated rings. The highest BCUT2D eigenvalue weighted by atomic mass is 32.1. The molecule has 168 valence electrons. The van der Waals surface area contributed by atoms with Crippen LogP contribution < -0.4 is 10.6 Å². The van der Waals surface area contributed by atoms with Crippen molar-refractivity contribution in [2.24, 2.45) is 0 Å². The van der Waals surface area contributed by atoms with Crippen LogP contribution in [0.1, 0.15) is 54.3 Å². The molecule has 1 atom stereocenters. The molecule has 0 saturated heterocycles. The van der Waals surface area contributed by atoms with Gasteiger partial charge in [0.15, 0.2) is 0 Å². The van der Waals surface area contributed by atoms with Crippen molar-refractivity contribution < 1.29 is 14.3 Å². The van der Waals surface area contributed by atoms with Crippen molar-refractivity contribution in [3.05, 3.63) is 70.4 Å². The minimum Gasteiger partial charge on any atom is -0.466 e. The van der Waals surface area contributed by atoms with Gasteiger partial charge in [-0.1, -0.05) is 12.1 Å². The standard InChI is InChI=1S/C25H29N3O3S/c1-3-31-22(29)16-18-10-12-19(13-11-18)27-25(30)26-17(2)23-20-8-4-5-9-21(20)32-24(23)28-14-6-7-15-28/h6-7,10-15,17H,3-5,8-9,16H2,1-2H3,(H2,26,27,30). The molecule has 1 aliphatic rings. The van der Waals surface area contributed by atoms with Crippen LogP contribution in [0.5, 0.6) is 0 Å². The molecule has 7 heteroatoms. The molecule has 2 amide bonds. The van der Waals surface area contributed by atoms with Gasteiger partial charge in [0, 0.05) is 28.5 Å². The Balaban J connectivity index is 1.44. The number of rotatable bonds is 7. The topological polar surface area (TPSA) is 72.4 Å². The van der Waals surface area contributed by atoms with Gasteiger partial charge in [0.05, 0.1) is 19.1 Å². The lowest BCUT2D eigenvalue weighted by Crippen LogP contribution is -2.32. The number of urea groups is 1. The molecule has 0 spiro atoms. The second-order valence-corrected chi connectivity index (χ2v) is 9.10. The largest absolute Gasteiger partial charge is 0.466 e. The Hall–Kier alpha value is -3.06. The number of carbonyl (C=O) groups is 2. The van der Waals surface area contributed by atoms with Crippen LogP contribution >= 0.6 is 11.3 Å². The number of amides is 2. The highest BCUT2D eigenvalue weighted by Crippen LogP contribution is 2.40. The van der Waals surface area contributed by atoms with Crippen LogP contribution in [-0.2, 0) is 28.8 Å². The summed E-state index contributed by atoms with van der Waals surface area (Å²) in [5, 5.41) is 7.21. The van der Waals surface area contributed by atoms with E-state index < -0.39 is 0 Å². The highest BCUT2D eigenvalue weighted by molar-refractivity contribution is 7.15. The van der Waals surface area contributed by atoms with Gasteiger partial charge in [-0.15, -0.1) is 11.3 Å². The predicted molar refractivity (Wildman–Crippen MR) is 128 cm³/mol. The first-order valence-electron chi connectivity index (χ1n) is 11.1. The fraction of sp³-hybridized carbons (Fsp3) is 0.360. The fourth-order valence-electron chi connectivity index (χ4n) is 4.20. The van der Waals surface area contributed by atoms with Gasteiger partial charge in [-0.05, 0) is 74.9 Å². The number of ether oxygens (including phenoxy) is 1. The maximum Gasteiger partial charge on any atom is 0.319 e. The Labute approximate surface area is 192 Å². The smallest absolute Gasteiger partial charge is 0.319 e. The van der Waals surface area contributed by atoms with Crippen LogP contribution in [0.25, 0.3) is 5.00 Å². The quantitative estimate of drug-likeness (QED) is 0.472. The van der Waals surface area contributed by atoms with Gasteiger partial charge >= 0.3 is 12.0 Å². The van der Waals surface area contributed by atoms with E-state index in [-0.39, 0.29) is 24.5 Å². The van der Waals surface area contributed by atoms with Crippen LogP contribution in [0.15, 0.2) is 48.8 Å². The third kappa shape index (κ3) is 5.05. The third-order valence-electron chi connectivity index (χ3n) is 5.68. The van der Waals surface area contributed by atoms with Gasteiger partial charge in [-0.3, -0.25) is 4.79 Å². The van der Waals surface area contributed by atoms with Crippen LogP contribution in [0.3, 0.4) is 0 Å². The molecule has 1 aromatic carbocycles. The average Bonchev–Trinajstić information content (AvgIpc) is 3.43. The zero-order valence-corrected chi connectivity index (χ0v) is 19.3. The van der Waals surface area contributed by atoms with Gasteiger partial charge < -0.3 is 19.9 Å². The number of hydrogen-bond donors (Lipinski definition) is 2. The van der Waals surface area contributed by atoms with Gasteiger partial charge in [-0.2, -0.15) is 0 Å². The summed E-state index contributed by atoms with van der Waals surface area (Å²) in [6.07, 6.45) is 8.95. The number of nitrogens with zero attached hydrogens (tertiary/aromatic N) is 1. The normalized spacial score (nSPS) is 13.8. The van der Waals surface area contributed by atoms with Gasteiger partial charge in [0.2, 0.25) is 0 Å². The summed E-state index contributed by atoms with van der Waals surface area (Å²) < 4.78 is 7.13. The summed E-state index contributed by atoms with van der Waals surface area (Å²) in [6, 6.07) is 11.0. The SMILES string of the molecule is CCOC(=O)Cc1ccc(NC(=O)NC(C)c2c(-n3cccc3)sc3c2CCCC3)cc1. The second kappa shape index (κ2) is 10.0. The first-order valence-corrected chi connectivity index (χ1v) is 12.0. The van der Waals surface area contributed by atoms with Crippen molar-refractivity contribution in [2.45, 2.75) is 52.0 Å². The molecule has 6 nitrogen and oxygen atoms in total. The highest BCUT2D eigenvalue weighted by Gasteiger charge is 2.26. The third-order valence-corrected chi connectivity index (χ3v) is 7.00. The van der Waals surface area contributed by atoms with Crippen molar-refractivity contribution in [1.82, 2.24) is 9.88 Å². The zero-order valence-electron chi connectivity index (χ0n) is 18.5. The molecule has 2 aromatic heterocycles. The molecule has 32 heavy (non-hydrogen) atoms. The monoisotopic (exact) mass is 451 g/mol. The van der Waals surface area contributed by atoms with E-state index in [1.807, 2.05) is 42.5 Å². The molecule has 2 heterocycles. The number of fused-ring (bicyclic) bond motifs is 1. The predicted octanol–water partition coefficient (Wildman–Crippen LogP) is 5.41. The van der Waals surface area contributed by atoms with Gasteiger partial charge in [0.25, 0.3) is 0 Å². The van der Waals surface area contributed by atoms with Crippen molar-refractivity contribution in [1.29, 1.82) is 0 Å². The van der Waals surface area contributed by atoms with E-state index in [9.17, 15) is 9.59 Å². The van der Waals surface area contributed by atoms with E-state index in [1.54, 1.807) is 19.1 Å². The molecule has 4 rings (SSSR count). The molecule has 0 aliphatic heterocycles. The number of hydrogen-bond acceptors (Lipinski definition) is 4. The molecule has 0 saturated carbocycles. The van der Waals surface area contributed by atoms with Crippen molar-refractivity contribution in [3.63, 3.8) is 0 Å². The van der Waals surface area contributed by atoms with E-state index in [0.29, 0.717) is 12.3 Å². The fourth-order valence-corrected chi connectivity index (χ4v) is 5.66. The van der Waals surface area contributed by atoms with Crippen LogP contribution in [0.4, 0.5) is 10.5 Å². The Morgan fingerprint density at radius 1 is 1.12 bits per heavy atom. The van der Waals surface area contributed by atoms with Crippen molar-refractivity contribution in [3.8, 4) is 5.00 Å². The molecule has 0 bridgehead atoms. The van der Waals surface area contributed by atoms with Gasteiger partial charge in [0.1, 0.15) is 5.00 Å². The molecule has 3 aromatic rings. The van der Waals surface area contributed by atoms with Crippen LogP contribution in [-0.4, -0.2) is 23.2 Å². The van der Waals surface area contributed by atoms with Crippen molar-refractivity contribution >= 4 is 29.0 Å². The van der Waals surface area contributed by atoms with E-state index >= 15 is 0 Å². The number of aromatic nitrogens is 1. The lowest BCUT2D eigenvalue weighted by molar-refractivity contribution is -0.142. The Bertz CT molecular complexity index is 1070. The minimum absolute atomic E-state index is 0.117. The minimum atomic E-state index is -0.252. The average molecular weight is 452 g/mol. The van der Waals surface area contributed by atoms with E-state index in [2.05, 4.69) is 27.6 Å². The Morgan fingerprint density at radius 3 is 2.56 bits per heavy atom. The summed E-state index contributed by atoms with van der Waals surface area (Å²) in [4.78, 5) is 25.8. The van der Waals surface area contributed by atoms with E-state index in [1.165, 1.54) is 33.8 Å². The summed E-state index contributed by atoms with van der Waals surface area (Å²) in [5.41, 5.74) is 4.16. The number of benzene rings is 1. The summed E-state index contributed by atoms with van der Waals surface area (Å²) >= 11 is 1.84. The van der Waals surface area contributed by atoms with E-state index in [0.717, 1.165) is 18.4 Å². The summed E-state index contributed by atoms with van der Waals surface area (Å²) in [5.74, 6) is -0.252. The van der Waals surface area contributed by atoms with Gasteiger partial charge in [-0.25, -0.2) is 4.79 Å². The van der Waals surface area contributed by atoms with Crippen LogP contribution in [0, 0.1) is 0 Å². The number of esters is 1. The number of anilines is 1. The maximum atomic E-state index is 12.7. The molecular weight excluding hydrogens is 422 g/mol. The number of nitrogens with one attached hydrogen (secondary N) is 2. The van der Waals surface area contributed by atoms with Crippen LogP contribution in [0.2, 0.25) is 0 Å². The maximum absolute atomic E-state index is 12.7. The first-order chi connectivity index (χ1) is 15.5. The molecule has 1 unspecified atom stereocenters. The molecule has 0 radical (unpaired) electrons.